The van der Waals surface area contributed by atoms with Crippen LogP contribution >= 0.6 is 0 Å². The molecule has 2 aliphatic rings. The van der Waals surface area contributed by atoms with Crippen molar-refractivity contribution in [3.8, 4) is 0 Å². The minimum atomic E-state index is -0.689. The summed E-state index contributed by atoms with van der Waals surface area (Å²) in [5.74, 6) is -0.894. The average molecular weight is 240 g/mol. The van der Waals surface area contributed by atoms with Crippen LogP contribution < -0.4 is 0 Å². The molecule has 0 atom stereocenters. The summed E-state index contributed by atoms with van der Waals surface area (Å²) in [6, 6.07) is 0.357. The van der Waals surface area contributed by atoms with Crippen LogP contribution in [0.4, 0.5) is 4.79 Å². The summed E-state index contributed by atoms with van der Waals surface area (Å²) in [6.45, 7) is 1.66. The third-order valence-corrected chi connectivity index (χ3v) is 3.95. The lowest BCUT2D eigenvalue weighted by atomic mass is 9.85. The third kappa shape index (κ3) is 2.53. The van der Waals surface area contributed by atoms with Crippen LogP contribution in [0.3, 0.4) is 0 Å². The van der Waals surface area contributed by atoms with Gasteiger partial charge >= 0.3 is 12.0 Å². The molecule has 2 amide bonds. The molecule has 1 saturated heterocycles. The SMILES string of the molecule is CN1CCCN(C2CCC(C(=O)O)CC2)C1=O. The molecule has 1 saturated carbocycles. The standard InChI is InChI=1S/C12H20N2O3/c1-13-7-2-8-14(12(13)17)10-5-3-9(4-6-10)11(15)16/h9-10H,2-8H2,1H3,(H,15,16). The zero-order chi connectivity index (χ0) is 12.4. The number of urea groups is 1. The van der Waals surface area contributed by atoms with Crippen molar-refractivity contribution < 1.29 is 14.7 Å². The van der Waals surface area contributed by atoms with Crippen LogP contribution in [-0.2, 0) is 4.79 Å². The Morgan fingerprint density at radius 2 is 1.88 bits per heavy atom. The number of carboxylic acids is 1. The first kappa shape index (κ1) is 12.2. The fourth-order valence-corrected chi connectivity index (χ4v) is 2.86. The first-order valence-electron chi connectivity index (χ1n) is 6.34. The molecule has 5 nitrogen and oxygen atoms in total. The second-order valence-electron chi connectivity index (χ2n) is 5.09. The van der Waals surface area contributed by atoms with Crippen molar-refractivity contribution >= 4 is 12.0 Å². The molecular formula is C12H20N2O3. The second-order valence-corrected chi connectivity index (χ2v) is 5.09. The van der Waals surface area contributed by atoms with Crippen LogP contribution in [0.15, 0.2) is 0 Å². The van der Waals surface area contributed by atoms with E-state index in [-0.39, 0.29) is 18.0 Å². The number of aliphatic carboxylic acids is 1. The summed E-state index contributed by atoms with van der Waals surface area (Å²) in [5.41, 5.74) is 0. The van der Waals surface area contributed by atoms with Gasteiger partial charge in [-0.25, -0.2) is 4.79 Å². The van der Waals surface area contributed by atoms with E-state index in [4.69, 9.17) is 5.11 Å². The molecule has 1 N–H and O–H groups in total. The number of hydrogen-bond acceptors (Lipinski definition) is 2. The highest BCUT2D eigenvalue weighted by Gasteiger charge is 2.33. The van der Waals surface area contributed by atoms with Gasteiger partial charge in [0.2, 0.25) is 0 Å². The molecule has 96 valence electrons. The second kappa shape index (κ2) is 4.94. The van der Waals surface area contributed by atoms with E-state index in [1.54, 1.807) is 4.90 Å². The molecule has 0 bridgehead atoms. The largest absolute Gasteiger partial charge is 0.481 e. The van der Waals surface area contributed by atoms with E-state index in [9.17, 15) is 9.59 Å². The highest BCUT2D eigenvalue weighted by molar-refractivity contribution is 5.75. The van der Waals surface area contributed by atoms with Crippen molar-refractivity contribution in [2.75, 3.05) is 20.1 Å². The van der Waals surface area contributed by atoms with Gasteiger partial charge in [-0.15, -0.1) is 0 Å². The van der Waals surface area contributed by atoms with Crippen LogP contribution in [0.5, 0.6) is 0 Å². The molecule has 17 heavy (non-hydrogen) atoms. The molecule has 1 heterocycles. The topological polar surface area (TPSA) is 60.9 Å². The summed E-state index contributed by atoms with van der Waals surface area (Å²) in [7, 11) is 1.83. The Morgan fingerprint density at radius 3 is 2.47 bits per heavy atom. The van der Waals surface area contributed by atoms with Crippen LogP contribution in [-0.4, -0.2) is 53.1 Å². The number of nitrogens with zero attached hydrogens (tertiary/aromatic N) is 2. The molecule has 2 rings (SSSR count). The normalized spacial score (nSPS) is 30.5. The number of carbonyl (C=O) groups is 2. The summed E-state index contributed by atoms with van der Waals surface area (Å²) in [4.78, 5) is 26.5. The maximum atomic E-state index is 12.0. The van der Waals surface area contributed by atoms with Crippen LogP contribution in [0.2, 0.25) is 0 Å². The van der Waals surface area contributed by atoms with Crippen molar-refractivity contribution in [3.63, 3.8) is 0 Å². The maximum absolute atomic E-state index is 12.0. The van der Waals surface area contributed by atoms with E-state index >= 15 is 0 Å². The molecular weight excluding hydrogens is 220 g/mol. The Hall–Kier alpha value is -1.26. The van der Waals surface area contributed by atoms with Crippen molar-refractivity contribution in [2.24, 2.45) is 5.92 Å². The van der Waals surface area contributed by atoms with E-state index in [2.05, 4.69) is 0 Å². The fraction of sp³-hybridized carbons (Fsp3) is 0.833. The Balaban J connectivity index is 1.92. The Bertz CT molecular complexity index is 311. The van der Waals surface area contributed by atoms with Gasteiger partial charge in [0, 0.05) is 26.2 Å². The predicted octanol–water partition coefficient (Wildman–Crippen LogP) is 1.39. The molecule has 0 aromatic carbocycles. The monoisotopic (exact) mass is 240 g/mol. The number of hydrogen-bond donors (Lipinski definition) is 1. The first-order chi connectivity index (χ1) is 8.09. The Morgan fingerprint density at radius 1 is 1.24 bits per heavy atom. The molecule has 1 aliphatic heterocycles. The minimum Gasteiger partial charge on any atom is -0.481 e. The van der Waals surface area contributed by atoms with Gasteiger partial charge in [0.25, 0.3) is 0 Å². The lowest BCUT2D eigenvalue weighted by molar-refractivity contribution is -0.143. The van der Waals surface area contributed by atoms with E-state index in [0.29, 0.717) is 12.8 Å². The molecule has 2 fully saturated rings. The molecule has 0 radical (unpaired) electrons. The number of rotatable bonds is 2. The third-order valence-electron chi connectivity index (χ3n) is 3.95. The average Bonchev–Trinajstić information content (AvgIpc) is 2.33. The number of carbonyl (C=O) groups excluding carboxylic acids is 1. The Labute approximate surface area is 101 Å². The van der Waals surface area contributed by atoms with Crippen LogP contribution in [0.25, 0.3) is 0 Å². The molecule has 5 heteroatoms. The van der Waals surface area contributed by atoms with E-state index in [1.165, 1.54) is 0 Å². The summed E-state index contributed by atoms with van der Waals surface area (Å²) < 4.78 is 0. The van der Waals surface area contributed by atoms with Gasteiger partial charge in [-0.1, -0.05) is 0 Å². The molecule has 0 unspecified atom stereocenters. The van der Waals surface area contributed by atoms with Crippen LogP contribution in [0.1, 0.15) is 32.1 Å². The zero-order valence-electron chi connectivity index (χ0n) is 10.3. The zero-order valence-corrected chi connectivity index (χ0v) is 10.3. The van der Waals surface area contributed by atoms with Gasteiger partial charge in [-0.05, 0) is 32.1 Å². The summed E-state index contributed by atoms with van der Waals surface area (Å²) in [5, 5.41) is 8.94. The van der Waals surface area contributed by atoms with E-state index in [0.717, 1.165) is 32.4 Å². The summed E-state index contributed by atoms with van der Waals surface area (Å²) in [6.07, 6.45) is 4.08. The lowest BCUT2D eigenvalue weighted by Crippen LogP contribution is -2.52. The van der Waals surface area contributed by atoms with Crippen molar-refractivity contribution in [1.82, 2.24) is 9.80 Å². The number of carboxylic acid groups (broad SMARTS) is 1. The maximum Gasteiger partial charge on any atom is 0.319 e. The smallest absolute Gasteiger partial charge is 0.319 e. The minimum absolute atomic E-state index is 0.107. The quantitative estimate of drug-likeness (QED) is 0.793. The summed E-state index contributed by atoms with van der Waals surface area (Å²) >= 11 is 0. The fourth-order valence-electron chi connectivity index (χ4n) is 2.86. The highest BCUT2D eigenvalue weighted by Crippen LogP contribution is 2.29. The molecule has 0 aromatic rings. The predicted molar refractivity (Wildman–Crippen MR) is 62.7 cm³/mol. The Kier molecular flexibility index (Phi) is 3.54. The van der Waals surface area contributed by atoms with Crippen LogP contribution in [0, 0.1) is 5.92 Å². The van der Waals surface area contributed by atoms with E-state index < -0.39 is 5.97 Å². The van der Waals surface area contributed by atoms with Crippen molar-refractivity contribution in [1.29, 1.82) is 0 Å². The van der Waals surface area contributed by atoms with E-state index in [1.807, 2.05) is 11.9 Å². The molecule has 0 aromatic heterocycles. The highest BCUT2D eigenvalue weighted by atomic mass is 16.4. The molecule has 0 spiro atoms. The lowest BCUT2D eigenvalue weighted by Gasteiger charge is -2.41. The van der Waals surface area contributed by atoms with Gasteiger partial charge in [-0.3, -0.25) is 4.79 Å². The van der Waals surface area contributed by atoms with Gasteiger partial charge in [0.15, 0.2) is 0 Å². The van der Waals surface area contributed by atoms with Crippen molar-refractivity contribution in [3.05, 3.63) is 0 Å². The van der Waals surface area contributed by atoms with Gasteiger partial charge in [0.1, 0.15) is 0 Å². The van der Waals surface area contributed by atoms with Gasteiger partial charge < -0.3 is 14.9 Å². The van der Waals surface area contributed by atoms with Crippen molar-refractivity contribution in [2.45, 2.75) is 38.1 Å². The first-order valence-corrected chi connectivity index (χ1v) is 6.34. The molecule has 1 aliphatic carbocycles. The number of amides is 2. The van der Waals surface area contributed by atoms with Gasteiger partial charge in [-0.2, -0.15) is 0 Å². The van der Waals surface area contributed by atoms with Gasteiger partial charge in [0.05, 0.1) is 5.92 Å².